The van der Waals surface area contributed by atoms with E-state index < -0.39 is 0 Å². The number of hydrogen-bond acceptors (Lipinski definition) is 4. The van der Waals surface area contributed by atoms with Crippen LogP contribution in [0.15, 0.2) is 48.7 Å². The van der Waals surface area contributed by atoms with Gasteiger partial charge in [0.1, 0.15) is 11.6 Å². The van der Waals surface area contributed by atoms with Crippen molar-refractivity contribution in [3.05, 3.63) is 54.2 Å². The molecular weight excluding hydrogens is 238 g/mol. The van der Waals surface area contributed by atoms with Gasteiger partial charge in [-0.1, -0.05) is 18.2 Å². The molecule has 19 heavy (non-hydrogen) atoms. The molecule has 0 aliphatic carbocycles. The van der Waals surface area contributed by atoms with Gasteiger partial charge in [0.05, 0.1) is 7.11 Å². The number of anilines is 1. The quantitative estimate of drug-likeness (QED) is 0.860. The standard InChI is InChI=1S/C15H19N3O/c1-19-14-7-5-13(6-8-14)12-18(11-9-16)15-4-2-3-10-17-15/h2-8,10H,9,11-12,16H2,1H3. The molecule has 0 saturated carbocycles. The maximum atomic E-state index is 5.68. The van der Waals surface area contributed by atoms with Crippen molar-refractivity contribution >= 4 is 5.82 Å². The molecule has 0 atom stereocenters. The predicted octanol–water partition coefficient (Wildman–Crippen LogP) is 2.06. The Kier molecular flexibility index (Phi) is 4.75. The lowest BCUT2D eigenvalue weighted by Crippen LogP contribution is -2.29. The van der Waals surface area contributed by atoms with E-state index in [1.807, 2.05) is 30.3 Å². The molecule has 0 fully saturated rings. The summed E-state index contributed by atoms with van der Waals surface area (Å²) in [6, 6.07) is 14.0. The molecule has 100 valence electrons. The van der Waals surface area contributed by atoms with Crippen LogP contribution in [0.2, 0.25) is 0 Å². The monoisotopic (exact) mass is 257 g/mol. The zero-order chi connectivity index (χ0) is 13.5. The van der Waals surface area contributed by atoms with Crippen LogP contribution in [0.25, 0.3) is 0 Å². The van der Waals surface area contributed by atoms with E-state index in [0.717, 1.165) is 24.7 Å². The van der Waals surface area contributed by atoms with Crippen molar-refractivity contribution in [1.29, 1.82) is 0 Å². The zero-order valence-corrected chi connectivity index (χ0v) is 11.1. The minimum atomic E-state index is 0.604. The Morgan fingerprint density at radius 2 is 1.95 bits per heavy atom. The van der Waals surface area contributed by atoms with E-state index in [0.29, 0.717) is 6.54 Å². The van der Waals surface area contributed by atoms with Gasteiger partial charge in [0.2, 0.25) is 0 Å². The lowest BCUT2D eigenvalue weighted by molar-refractivity contribution is 0.414. The summed E-state index contributed by atoms with van der Waals surface area (Å²) in [7, 11) is 1.67. The topological polar surface area (TPSA) is 51.4 Å². The number of rotatable bonds is 6. The number of hydrogen-bond donors (Lipinski definition) is 1. The summed E-state index contributed by atoms with van der Waals surface area (Å²) in [5.41, 5.74) is 6.88. The highest BCUT2D eigenvalue weighted by atomic mass is 16.5. The minimum absolute atomic E-state index is 0.604. The summed E-state index contributed by atoms with van der Waals surface area (Å²) in [5.74, 6) is 1.82. The molecule has 0 radical (unpaired) electrons. The van der Waals surface area contributed by atoms with Gasteiger partial charge in [-0.25, -0.2) is 4.98 Å². The van der Waals surface area contributed by atoms with Crippen LogP contribution in [0.5, 0.6) is 5.75 Å². The van der Waals surface area contributed by atoms with Gasteiger partial charge < -0.3 is 15.4 Å². The second-order valence-corrected chi connectivity index (χ2v) is 4.25. The van der Waals surface area contributed by atoms with Crippen molar-refractivity contribution in [1.82, 2.24) is 4.98 Å². The molecule has 0 saturated heterocycles. The molecule has 4 heteroatoms. The first-order chi connectivity index (χ1) is 9.33. The average molecular weight is 257 g/mol. The van der Waals surface area contributed by atoms with Gasteiger partial charge in [-0.3, -0.25) is 0 Å². The summed E-state index contributed by atoms with van der Waals surface area (Å²) in [6.07, 6.45) is 1.80. The maximum Gasteiger partial charge on any atom is 0.128 e. The van der Waals surface area contributed by atoms with Crippen molar-refractivity contribution in [3.8, 4) is 5.75 Å². The number of nitrogens with two attached hydrogens (primary N) is 1. The number of ether oxygens (including phenoxy) is 1. The first kappa shape index (κ1) is 13.4. The maximum absolute atomic E-state index is 5.68. The molecular formula is C15H19N3O. The Balaban J connectivity index is 2.11. The molecule has 0 aliphatic rings. The molecule has 1 aromatic heterocycles. The summed E-state index contributed by atoms with van der Waals surface area (Å²) >= 11 is 0. The second-order valence-electron chi connectivity index (χ2n) is 4.25. The molecule has 0 spiro atoms. The van der Waals surface area contributed by atoms with Gasteiger partial charge in [-0.2, -0.15) is 0 Å². The fourth-order valence-electron chi connectivity index (χ4n) is 1.92. The fraction of sp³-hybridized carbons (Fsp3) is 0.267. The Morgan fingerprint density at radius 1 is 1.16 bits per heavy atom. The molecule has 2 rings (SSSR count). The summed E-state index contributed by atoms with van der Waals surface area (Å²) in [4.78, 5) is 6.54. The van der Waals surface area contributed by atoms with Gasteiger partial charge in [-0.15, -0.1) is 0 Å². The van der Waals surface area contributed by atoms with Crippen molar-refractivity contribution in [2.45, 2.75) is 6.54 Å². The van der Waals surface area contributed by atoms with Crippen LogP contribution in [0.3, 0.4) is 0 Å². The smallest absolute Gasteiger partial charge is 0.128 e. The molecule has 0 bridgehead atoms. The van der Waals surface area contributed by atoms with E-state index in [-0.39, 0.29) is 0 Å². The van der Waals surface area contributed by atoms with Crippen molar-refractivity contribution < 1.29 is 4.74 Å². The van der Waals surface area contributed by atoms with Gasteiger partial charge in [-0.05, 0) is 29.8 Å². The van der Waals surface area contributed by atoms with Crippen LogP contribution in [0, 0.1) is 0 Å². The lowest BCUT2D eigenvalue weighted by Gasteiger charge is -2.23. The number of pyridine rings is 1. The Morgan fingerprint density at radius 3 is 2.53 bits per heavy atom. The van der Waals surface area contributed by atoms with Gasteiger partial charge in [0, 0.05) is 25.8 Å². The fourth-order valence-corrected chi connectivity index (χ4v) is 1.92. The highest BCUT2D eigenvalue weighted by molar-refractivity contribution is 5.39. The van der Waals surface area contributed by atoms with Crippen molar-refractivity contribution in [3.63, 3.8) is 0 Å². The number of benzene rings is 1. The Labute approximate surface area is 113 Å². The predicted molar refractivity (Wildman–Crippen MR) is 77.3 cm³/mol. The second kappa shape index (κ2) is 6.75. The molecule has 0 aliphatic heterocycles. The van der Waals surface area contributed by atoms with Crippen molar-refractivity contribution in [2.75, 3.05) is 25.1 Å². The van der Waals surface area contributed by atoms with E-state index in [1.54, 1.807) is 13.3 Å². The molecule has 0 unspecified atom stereocenters. The lowest BCUT2D eigenvalue weighted by atomic mass is 10.2. The summed E-state index contributed by atoms with van der Waals surface area (Å²) in [6.45, 7) is 2.17. The summed E-state index contributed by atoms with van der Waals surface area (Å²) < 4.78 is 5.16. The number of aromatic nitrogens is 1. The SMILES string of the molecule is COc1ccc(CN(CCN)c2ccccn2)cc1. The van der Waals surface area contributed by atoms with E-state index >= 15 is 0 Å². The normalized spacial score (nSPS) is 10.2. The first-order valence-electron chi connectivity index (χ1n) is 6.32. The molecule has 2 N–H and O–H groups in total. The van der Waals surface area contributed by atoms with E-state index in [2.05, 4.69) is 22.0 Å². The van der Waals surface area contributed by atoms with Crippen LogP contribution in [0.4, 0.5) is 5.82 Å². The third-order valence-corrected chi connectivity index (χ3v) is 2.90. The van der Waals surface area contributed by atoms with Crippen LogP contribution >= 0.6 is 0 Å². The van der Waals surface area contributed by atoms with E-state index in [4.69, 9.17) is 10.5 Å². The molecule has 4 nitrogen and oxygen atoms in total. The van der Waals surface area contributed by atoms with Crippen LogP contribution in [-0.4, -0.2) is 25.2 Å². The molecule has 2 aromatic rings. The van der Waals surface area contributed by atoms with Crippen molar-refractivity contribution in [2.24, 2.45) is 5.73 Å². The number of methoxy groups -OCH3 is 1. The van der Waals surface area contributed by atoms with Gasteiger partial charge in [0.15, 0.2) is 0 Å². The third kappa shape index (κ3) is 3.69. The Hall–Kier alpha value is -2.07. The highest BCUT2D eigenvalue weighted by Gasteiger charge is 2.07. The van der Waals surface area contributed by atoms with E-state index in [1.165, 1.54) is 5.56 Å². The highest BCUT2D eigenvalue weighted by Crippen LogP contribution is 2.16. The van der Waals surface area contributed by atoms with Gasteiger partial charge in [0.25, 0.3) is 0 Å². The van der Waals surface area contributed by atoms with Crippen LogP contribution in [-0.2, 0) is 6.54 Å². The Bertz CT molecular complexity index is 485. The minimum Gasteiger partial charge on any atom is -0.497 e. The zero-order valence-electron chi connectivity index (χ0n) is 11.1. The molecule has 1 heterocycles. The van der Waals surface area contributed by atoms with Crippen LogP contribution < -0.4 is 15.4 Å². The first-order valence-corrected chi connectivity index (χ1v) is 6.32. The van der Waals surface area contributed by atoms with E-state index in [9.17, 15) is 0 Å². The van der Waals surface area contributed by atoms with Crippen LogP contribution in [0.1, 0.15) is 5.56 Å². The summed E-state index contributed by atoms with van der Waals surface area (Å²) in [5, 5.41) is 0. The number of nitrogens with zero attached hydrogens (tertiary/aromatic N) is 2. The third-order valence-electron chi connectivity index (χ3n) is 2.90. The average Bonchev–Trinajstić information content (AvgIpc) is 2.48. The molecule has 0 amide bonds. The van der Waals surface area contributed by atoms with Gasteiger partial charge >= 0.3 is 0 Å². The largest absolute Gasteiger partial charge is 0.497 e. The molecule has 1 aromatic carbocycles.